The zero-order valence-electron chi connectivity index (χ0n) is 14.9. The third-order valence-corrected chi connectivity index (χ3v) is 8.80. The van der Waals surface area contributed by atoms with Crippen molar-refractivity contribution in [3.63, 3.8) is 0 Å². The molecular formula is C18H22N4O3S2. The summed E-state index contributed by atoms with van der Waals surface area (Å²) in [5.41, 5.74) is 1.06. The number of rotatable bonds is 5. The van der Waals surface area contributed by atoms with Crippen molar-refractivity contribution in [2.24, 2.45) is 0 Å². The Kier molecular flexibility index (Phi) is 4.42. The normalized spacial score (nSPS) is 26.8. The number of fused-ring (bicyclic) bond motifs is 1. The minimum Gasteiger partial charge on any atom is -0.472 e. The first-order chi connectivity index (χ1) is 13.1. The van der Waals surface area contributed by atoms with Crippen LogP contribution in [0.4, 0.5) is 0 Å². The van der Waals surface area contributed by atoms with Gasteiger partial charge in [-0.1, -0.05) is 6.07 Å². The molecule has 27 heavy (non-hydrogen) atoms. The van der Waals surface area contributed by atoms with E-state index in [0.29, 0.717) is 29.1 Å². The number of aromatic nitrogens is 2. The molecule has 0 unspecified atom stereocenters. The van der Waals surface area contributed by atoms with Gasteiger partial charge in [-0.05, 0) is 24.3 Å². The minimum absolute atomic E-state index is 0.0282. The lowest BCUT2D eigenvalue weighted by molar-refractivity contribution is 0.151. The summed E-state index contributed by atoms with van der Waals surface area (Å²) in [6.07, 6.45) is 6.80. The predicted octanol–water partition coefficient (Wildman–Crippen LogP) is 1.94. The average molecular weight is 407 g/mol. The molecule has 0 amide bonds. The molecule has 0 radical (unpaired) electrons. The zero-order valence-corrected chi connectivity index (χ0v) is 16.5. The Morgan fingerprint density at radius 1 is 1.15 bits per heavy atom. The fraction of sp³-hybridized carbons (Fsp3) is 0.556. The lowest BCUT2D eigenvalue weighted by Crippen LogP contribution is -2.51. The molecule has 2 atom stereocenters. The first-order valence-electron chi connectivity index (χ1n) is 9.36. The monoisotopic (exact) mass is 406 g/mol. The van der Waals surface area contributed by atoms with Gasteiger partial charge in [0.1, 0.15) is 10.3 Å². The second kappa shape index (κ2) is 6.80. The second-order valence-electron chi connectivity index (χ2n) is 7.47. The second-order valence-corrected chi connectivity index (χ2v) is 10.6. The standard InChI is InChI=1S/C18H22N4O3S2/c23-27(24,18-2-1-7-26-18)22-6-5-21-12-15(8-14(21)11-22)25-17-10-19-16(9-20-17)13-3-4-13/h1-2,7,9-10,13-15H,3-6,8,11-12H2/t14-,15+/m0/s1. The maximum Gasteiger partial charge on any atom is 0.252 e. The van der Waals surface area contributed by atoms with Gasteiger partial charge in [-0.3, -0.25) is 9.88 Å². The summed E-state index contributed by atoms with van der Waals surface area (Å²) in [6.45, 7) is 2.59. The Hall–Kier alpha value is -1.55. The van der Waals surface area contributed by atoms with Gasteiger partial charge in [-0.2, -0.15) is 4.31 Å². The summed E-state index contributed by atoms with van der Waals surface area (Å²) in [4.78, 5) is 11.2. The van der Waals surface area contributed by atoms with Crippen molar-refractivity contribution in [2.75, 3.05) is 26.2 Å². The fourth-order valence-corrected chi connectivity index (χ4v) is 6.57. The quantitative estimate of drug-likeness (QED) is 0.755. The summed E-state index contributed by atoms with van der Waals surface area (Å²) in [5.74, 6) is 1.15. The topological polar surface area (TPSA) is 75.6 Å². The van der Waals surface area contributed by atoms with Gasteiger partial charge < -0.3 is 4.74 Å². The number of piperazine rings is 1. The van der Waals surface area contributed by atoms with Gasteiger partial charge in [0.2, 0.25) is 5.88 Å². The van der Waals surface area contributed by atoms with Crippen molar-refractivity contribution in [1.82, 2.24) is 19.2 Å². The molecule has 7 nitrogen and oxygen atoms in total. The molecule has 3 fully saturated rings. The van der Waals surface area contributed by atoms with Crippen LogP contribution in [0.2, 0.25) is 0 Å². The van der Waals surface area contributed by atoms with E-state index in [1.54, 1.807) is 28.0 Å². The molecule has 9 heteroatoms. The molecule has 2 saturated heterocycles. The van der Waals surface area contributed by atoms with Crippen LogP contribution < -0.4 is 4.74 Å². The van der Waals surface area contributed by atoms with Gasteiger partial charge in [-0.15, -0.1) is 11.3 Å². The summed E-state index contributed by atoms with van der Waals surface area (Å²) in [7, 11) is -3.38. The molecule has 2 aliphatic heterocycles. The van der Waals surface area contributed by atoms with Crippen molar-refractivity contribution in [1.29, 1.82) is 0 Å². The predicted molar refractivity (Wildman–Crippen MR) is 101 cm³/mol. The molecule has 0 aromatic carbocycles. The van der Waals surface area contributed by atoms with Crippen LogP contribution >= 0.6 is 11.3 Å². The van der Waals surface area contributed by atoms with Crippen molar-refractivity contribution in [3.05, 3.63) is 35.6 Å². The molecule has 2 aromatic rings. The van der Waals surface area contributed by atoms with E-state index in [9.17, 15) is 8.42 Å². The summed E-state index contributed by atoms with van der Waals surface area (Å²) in [6, 6.07) is 3.65. The molecule has 0 N–H and O–H groups in total. The number of nitrogens with zero attached hydrogens (tertiary/aromatic N) is 4. The third kappa shape index (κ3) is 3.49. The Balaban J connectivity index is 1.22. The lowest BCUT2D eigenvalue weighted by Gasteiger charge is -2.35. The lowest BCUT2D eigenvalue weighted by atomic mass is 10.2. The summed E-state index contributed by atoms with van der Waals surface area (Å²) < 4.78 is 33.6. The van der Waals surface area contributed by atoms with E-state index in [0.717, 1.165) is 25.2 Å². The molecule has 1 saturated carbocycles. The molecule has 2 aromatic heterocycles. The third-order valence-electron chi connectivity index (χ3n) is 5.56. The fourth-order valence-electron chi connectivity index (χ4n) is 3.96. The Morgan fingerprint density at radius 2 is 2.04 bits per heavy atom. The van der Waals surface area contributed by atoms with E-state index in [2.05, 4.69) is 14.9 Å². The van der Waals surface area contributed by atoms with E-state index < -0.39 is 10.0 Å². The number of ether oxygens (including phenoxy) is 1. The van der Waals surface area contributed by atoms with Gasteiger partial charge in [-0.25, -0.2) is 13.4 Å². The van der Waals surface area contributed by atoms with Crippen LogP contribution in [0.25, 0.3) is 0 Å². The van der Waals surface area contributed by atoms with Crippen LogP contribution in [-0.4, -0.2) is 65.9 Å². The molecule has 3 aliphatic rings. The van der Waals surface area contributed by atoms with Crippen molar-refractivity contribution >= 4 is 21.4 Å². The van der Waals surface area contributed by atoms with E-state index in [4.69, 9.17) is 4.74 Å². The first kappa shape index (κ1) is 17.5. The van der Waals surface area contributed by atoms with Crippen LogP contribution in [0.1, 0.15) is 30.9 Å². The molecule has 1 aliphatic carbocycles. The van der Waals surface area contributed by atoms with Crippen LogP contribution in [-0.2, 0) is 10.0 Å². The van der Waals surface area contributed by atoms with Crippen molar-refractivity contribution in [3.8, 4) is 5.88 Å². The SMILES string of the molecule is O=S(=O)(c1cccs1)N1CCN2C[C@H](Oc3cnc(C4CC4)cn3)C[C@H]2C1. The van der Waals surface area contributed by atoms with Crippen LogP contribution in [0.15, 0.2) is 34.1 Å². The molecular weight excluding hydrogens is 384 g/mol. The van der Waals surface area contributed by atoms with Crippen LogP contribution in [0.5, 0.6) is 5.88 Å². The highest BCUT2D eigenvalue weighted by atomic mass is 32.2. The van der Waals surface area contributed by atoms with Gasteiger partial charge in [0.25, 0.3) is 10.0 Å². The van der Waals surface area contributed by atoms with E-state index >= 15 is 0 Å². The Morgan fingerprint density at radius 3 is 2.74 bits per heavy atom. The maximum absolute atomic E-state index is 12.8. The number of hydrogen-bond acceptors (Lipinski definition) is 7. The number of sulfonamides is 1. The van der Waals surface area contributed by atoms with E-state index in [1.165, 1.54) is 24.2 Å². The largest absolute Gasteiger partial charge is 0.472 e. The highest BCUT2D eigenvalue weighted by molar-refractivity contribution is 7.91. The molecule has 5 rings (SSSR count). The Labute approximate surface area is 163 Å². The molecule has 0 bridgehead atoms. The van der Waals surface area contributed by atoms with E-state index in [1.807, 2.05) is 6.20 Å². The smallest absolute Gasteiger partial charge is 0.252 e. The van der Waals surface area contributed by atoms with Crippen molar-refractivity contribution < 1.29 is 13.2 Å². The number of hydrogen-bond donors (Lipinski definition) is 0. The molecule has 0 spiro atoms. The highest BCUT2D eigenvalue weighted by Crippen LogP contribution is 2.38. The minimum atomic E-state index is -3.38. The van der Waals surface area contributed by atoms with Crippen LogP contribution in [0.3, 0.4) is 0 Å². The summed E-state index contributed by atoms with van der Waals surface area (Å²) in [5, 5.41) is 1.80. The summed E-state index contributed by atoms with van der Waals surface area (Å²) >= 11 is 1.28. The maximum atomic E-state index is 12.8. The highest BCUT2D eigenvalue weighted by Gasteiger charge is 2.41. The van der Waals surface area contributed by atoms with Gasteiger partial charge >= 0.3 is 0 Å². The zero-order chi connectivity index (χ0) is 18.4. The van der Waals surface area contributed by atoms with Gasteiger partial charge in [0.15, 0.2) is 0 Å². The molecule has 144 valence electrons. The molecule has 4 heterocycles. The number of thiophene rings is 1. The van der Waals surface area contributed by atoms with Gasteiger partial charge in [0, 0.05) is 44.6 Å². The van der Waals surface area contributed by atoms with Gasteiger partial charge in [0.05, 0.1) is 18.1 Å². The van der Waals surface area contributed by atoms with Crippen molar-refractivity contribution in [2.45, 2.75) is 41.5 Å². The van der Waals surface area contributed by atoms with E-state index in [-0.39, 0.29) is 12.1 Å². The average Bonchev–Trinajstić information content (AvgIpc) is 3.20. The van der Waals surface area contributed by atoms with Crippen LogP contribution in [0, 0.1) is 0 Å². The first-order valence-corrected chi connectivity index (χ1v) is 11.7. The Bertz CT molecular complexity index is 897.